The average molecular weight is 306 g/mol. The summed E-state index contributed by atoms with van der Waals surface area (Å²) in [6.45, 7) is 0. The molecule has 3 rings (SSSR count). The highest BCUT2D eigenvalue weighted by atomic mass is 79.9. The van der Waals surface area contributed by atoms with Gasteiger partial charge in [-0.3, -0.25) is 0 Å². The van der Waals surface area contributed by atoms with Gasteiger partial charge < -0.3 is 14.6 Å². The SMILES string of the molecule is Nc1nnc(-c2ccc(-c3ccc(Br)cc3)o2)o1. The Morgan fingerprint density at radius 1 is 0.889 bits per heavy atom. The van der Waals surface area contributed by atoms with Gasteiger partial charge in [-0.2, -0.15) is 0 Å². The maximum absolute atomic E-state index is 5.64. The van der Waals surface area contributed by atoms with Crippen LogP contribution >= 0.6 is 15.9 Å². The van der Waals surface area contributed by atoms with Crippen LogP contribution in [-0.2, 0) is 0 Å². The molecule has 0 amide bonds. The van der Waals surface area contributed by atoms with E-state index in [4.69, 9.17) is 14.6 Å². The summed E-state index contributed by atoms with van der Waals surface area (Å²) in [5.41, 5.74) is 6.33. The van der Waals surface area contributed by atoms with Crippen molar-refractivity contribution in [2.45, 2.75) is 0 Å². The number of anilines is 1. The van der Waals surface area contributed by atoms with Crippen molar-refractivity contribution in [2.24, 2.45) is 0 Å². The van der Waals surface area contributed by atoms with Crippen LogP contribution in [0.15, 0.2) is 49.7 Å². The third-order valence-electron chi connectivity index (χ3n) is 2.39. The van der Waals surface area contributed by atoms with Gasteiger partial charge in [-0.05, 0) is 24.3 Å². The molecule has 0 atom stereocenters. The molecular formula is C12H8BrN3O2. The highest BCUT2D eigenvalue weighted by molar-refractivity contribution is 9.10. The van der Waals surface area contributed by atoms with E-state index in [1.54, 1.807) is 6.07 Å². The summed E-state index contributed by atoms with van der Waals surface area (Å²) >= 11 is 3.38. The Hall–Kier alpha value is -2.08. The average Bonchev–Trinajstić information content (AvgIpc) is 2.98. The lowest BCUT2D eigenvalue weighted by Gasteiger charge is -1.96. The van der Waals surface area contributed by atoms with Crippen LogP contribution in [-0.4, -0.2) is 10.2 Å². The standard InChI is InChI=1S/C12H8BrN3O2/c13-8-3-1-7(2-4-8)9-5-6-10(17-9)11-15-16-12(14)18-11/h1-6H,(H2,14,16). The predicted molar refractivity (Wildman–Crippen MR) is 69.5 cm³/mol. The summed E-state index contributed by atoms with van der Waals surface area (Å²) in [4.78, 5) is 0. The molecule has 0 saturated heterocycles. The van der Waals surface area contributed by atoms with E-state index in [-0.39, 0.29) is 11.9 Å². The van der Waals surface area contributed by atoms with E-state index in [1.165, 1.54) is 0 Å². The molecule has 6 heteroatoms. The van der Waals surface area contributed by atoms with E-state index < -0.39 is 0 Å². The monoisotopic (exact) mass is 305 g/mol. The number of rotatable bonds is 2. The minimum atomic E-state index is 0.0200. The van der Waals surface area contributed by atoms with Crippen molar-refractivity contribution >= 4 is 21.9 Å². The number of hydrogen-bond donors (Lipinski definition) is 1. The van der Waals surface area contributed by atoms with Crippen molar-refractivity contribution < 1.29 is 8.83 Å². The van der Waals surface area contributed by atoms with Crippen LogP contribution in [0.5, 0.6) is 0 Å². The Labute approximate surface area is 111 Å². The van der Waals surface area contributed by atoms with Gasteiger partial charge in [0.05, 0.1) is 0 Å². The van der Waals surface area contributed by atoms with E-state index in [1.807, 2.05) is 30.3 Å². The zero-order chi connectivity index (χ0) is 12.5. The molecule has 0 radical (unpaired) electrons. The number of nitrogens with zero attached hydrogens (tertiary/aromatic N) is 2. The predicted octanol–water partition coefficient (Wildman–Crippen LogP) is 3.34. The van der Waals surface area contributed by atoms with Gasteiger partial charge in [0.25, 0.3) is 5.89 Å². The van der Waals surface area contributed by atoms with Gasteiger partial charge in [0.1, 0.15) is 5.76 Å². The van der Waals surface area contributed by atoms with Gasteiger partial charge in [0, 0.05) is 10.0 Å². The Balaban J connectivity index is 1.96. The number of hydrogen-bond acceptors (Lipinski definition) is 5. The fraction of sp³-hybridized carbons (Fsp3) is 0. The maximum Gasteiger partial charge on any atom is 0.313 e. The van der Waals surface area contributed by atoms with E-state index >= 15 is 0 Å². The Kier molecular flexibility index (Phi) is 2.64. The first-order valence-corrected chi connectivity index (χ1v) is 5.97. The summed E-state index contributed by atoms with van der Waals surface area (Å²) in [5.74, 6) is 1.50. The molecule has 0 spiro atoms. The lowest BCUT2D eigenvalue weighted by atomic mass is 10.2. The Morgan fingerprint density at radius 3 is 2.28 bits per heavy atom. The molecule has 5 nitrogen and oxygen atoms in total. The number of furan rings is 1. The van der Waals surface area contributed by atoms with Gasteiger partial charge in [-0.25, -0.2) is 0 Å². The minimum absolute atomic E-state index is 0.0200. The molecule has 2 heterocycles. The van der Waals surface area contributed by atoms with Crippen LogP contribution in [0.25, 0.3) is 23.0 Å². The van der Waals surface area contributed by atoms with Gasteiger partial charge in [0.15, 0.2) is 5.76 Å². The molecule has 0 unspecified atom stereocenters. The number of aromatic nitrogens is 2. The second-order valence-electron chi connectivity index (χ2n) is 3.62. The molecule has 0 aliphatic rings. The van der Waals surface area contributed by atoms with Crippen LogP contribution in [0.1, 0.15) is 0 Å². The number of nitrogens with two attached hydrogens (primary N) is 1. The third kappa shape index (κ3) is 2.02. The van der Waals surface area contributed by atoms with Crippen molar-refractivity contribution in [3.63, 3.8) is 0 Å². The topological polar surface area (TPSA) is 78.1 Å². The molecule has 0 aliphatic carbocycles. The maximum atomic E-state index is 5.64. The highest BCUT2D eigenvalue weighted by Crippen LogP contribution is 2.28. The van der Waals surface area contributed by atoms with Crippen LogP contribution in [0.4, 0.5) is 6.01 Å². The first-order valence-electron chi connectivity index (χ1n) is 5.17. The first-order chi connectivity index (χ1) is 8.72. The fourth-order valence-electron chi connectivity index (χ4n) is 1.56. The van der Waals surface area contributed by atoms with Crippen molar-refractivity contribution in [3.05, 3.63) is 40.9 Å². The van der Waals surface area contributed by atoms with Crippen molar-refractivity contribution in [3.8, 4) is 23.0 Å². The summed E-state index contributed by atoms with van der Waals surface area (Å²) in [5, 5.41) is 7.35. The highest BCUT2D eigenvalue weighted by Gasteiger charge is 2.12. The quantitative estimate of drug-likeness (QED) is 0.785. The molecule has 18 heavy (non-hydrogen) atoms. The zero-order valence-corrected chi connectivity index (χ0v) is 10.7. The van der Waals surface area contributed by atoms with Gasteiger partial charge >= 0.3 is 6.01 Å². The molecular weight excluding hydrogens is 298 g/mol. The van der Waals surface area contributed by atoms with Crippen molar-refractivity contribution in [2.75, 3.05) is 5.73 Å². The molecule has 1 aromatic carbocycles. The van der Waals surface area contributed by atoms with Gasteiger partial charge in [0.2, 0.25) is 0 Å². The second kappa shape index (κ2) is 4.30. The molecule has 2 N–H and O–H groups in total. The number of benzene rings is 1. The van der Waals surface area contributed by atoms with E-state index in [0.717, 1.165) is 15.8 Å². The van der Waals surface area contributed by atoms with Crippen molar-refractivity contribution in [1.82, 2.24) is 10.2 Å². The van der Waals surface area contributed by atoms with Gasteiger partial charge in [-0.1, -0.05) is 33.2 Å². The summed E-state index contributed by atoms with van der Waals surface area (Å²) in [6, 6.07) is 11.4. The lowest BCUT2D eigenvalue weighted by Crippen LogP contribution is -1.81. The van der Waals surface area contributed by atoms with Crippen LogP contribution in [0.3, 0.4) is 0 Å². The Bertz CT molecular complexity index is 673. The number of nitrogen functional groups attached to an aromatic ring is 1. The molecule has 3 aromatic rings. The second-order valence-corrected chi connectivity index (χ2v) is 4.53. The minimum Gasteiger partial charge on any atom is -0.451 e. The van der Waals surface area contributed by atoms with E-state index in [2.05, 4.69) is 26.1 Å². The molecule has 0 saturated carbocycles. The normalized spacial score (nSPS) is 10.7. The summed E-state index contributed by atoms with van der Waals surface area (Å²) in [7, 11) is 0. The molecule has 2 aromatic heterocycles. The molecule has 90 valence electrons. The molecule has 0 fully saturated rings. The smallest absolute Gasteiger partial charge is 0.313 e. The van der Waals surface area contributed by atoms with Gasteiger partial charge in [-0.15, -0.1) is 5.10 Å². The third-order valence-corrected chi connectivity index (χ3v) is 2.91. The summed E-state index contributed by atoms with van der Waals surface area (Å²) in [6.07, 6.45) is 0. The molecule has 0 bridgehead atoms. The largest absolute Gasteiger partial charge is 0.451 e. The lowest BCUT2D eigenvalue weighted by molar-refractivity contribution is 0.533. The fourth-order valence-corrected chi connectivity index (χ4v) is 1.82. The Morgan fingerprint density at radius 2 is 1.61 bits per heavy atom. The van der Waals surface area contributed by atoms with E-state index in [0.29, 0.717) is 5.76 Å². The van der Waals surface area contributed by atoms with Crippen LogP contribution < -0.4 is 5.73 Å². The summed E-state index contributed by atoms with van der Waals surface area (Å²) < 4.78 is 11.8. The first kappa shape index (κ1) is 11.0. The van der Waals surface area contributed by atoms with Crippen LogP contribution in [0, 0.1) is 0 Å². The van der Waals surface area contributed by atoms with Crippen molar-refractivity contribution in [1.29, 1.82) is 0 Å². The van der Waals surface area contributed by atoms with E-state index in [9.17, 15) is 0 Å². The van der Waals surface area contributed by atoms with Crippen LogP contribution in [0.2, 0.25) is 0 Å². The molecule has 0 aliphatic heterocycles. The number of halogens is 1. The zero-order valence-electron chi connectivity index (χ0n) is 9.13.